The van der Waals surface area contributed by atoms with Crippen LogP contribution in [0.15, 0.2) is 11.0 Å². The Balaban J connectivity index is 2.35. The number of hydrogen-bond donors (Lipinski definition) is 1. The third-order valence-corrected chi connectivity index (χ3v) is 2.34. The van der Waals surface area contributed by atoms with Gasteiger partial charge in [-0.05, 0) is 26.2 Å². The number of nitrogens with zero attached hydrogens (tertiary/aromatic N) is 1. The first-order valence-corrected chi connectivity index (χ1v) is 4.05. The summed E-state index contributed by atoms with van der Waals surface area (Å²) in [5.41, 5.74) is 1.01. The molecule has 1 aliphatic carbocycles. The van der Waals surface area contributed by atoms with E-state index in [1.807, 2.05) is 17.7 Å². The molecule has 0 radical (unpaired) electrons. The number of hydrogen-bond acceptors (Lipinski definition) is 1. The fourth-order valence-corrected chi connectivity index (χ4v) is 1.47. The van der Waals surface area contributed by atoms with Gasteiger partial charge in [-0.15, -0.1) is 0 Å². The topological polar surface area (TPSA) is 37.8 Å². The van der Waals surface area contributed by atoms with Crippen molar-refractivity contribution < 1.29 is 0 Å². The Bertz CT molecular complexity index is 306. The molecule has 0 aromatic carbocycles. The van der Waals surface area contributed by atoms with Gasteiger partial charge in [-0.1, -0.05) is 0 Å². The van der Waals surface area contributed by atoms with Gasteiger partial charge in [-0.2, -0.15) is 0 Å². The lowest BCUT2D eigenvalue weighted by Gasteiger charge is -2.25. The van der Waals surface area contributed by atoms with Crippen LogP contribution in [0.5, 0.6) is 0 Å². The van der Waals surface area contributed by atoms with Crippen molar-refractivity contribution in [3.8, 4) is 0 Å². The summed E-state index contributed by atoms with van der Waals surface area (Å²) in [5.74, 6) is 0. The van der Waals surface area contributed by atoms with Crippen LogP contribution >= 0.6 is 0 Å². The number of nitrogens with one attached hydrogen (secondary N) is 1. The minimum Gasteiger partial charge on any atom is -0.310 e. The molecule has 0 bridgehead atoms. The van der Waals surface area contributed by atoms with E-state index in [1.54, 1.807) is 0 Å². The summed E-state index contributed by atoms with van der Waals surface area (Å²) in [6, 6.07) is 0.479. The molecular formula is C8H12N2O. The lowest BCUT2D eigenvalue weighted by atomic mass is 9.93. The van der Waals surface area contributed by atoms with Crippen LogP contribution in [0, 0.1) is 6.92 Å². The molecule has 0 aliphatic heterocycles. The zero-order valence-corrected chi connectivity index (χ0v) is 6.63. The monoisotopic (exact) mass is 152 g/mol. The molecule has 1 saturated carbocycles. The fraction of sp³-hybridized carbons (Fsp3) is 0.625. The zero-order chi connectivity index (χ0) is 7.84. The van der Waals surface area contributed by atoms with Gasteiger partial charge in [0, 0.05) is 17.9 Å². The molecule has 0 amide bonds. The van der Waals surface area contributed by atoms with E-state index >= 15 is 0 Å². The standard InChI is InChI=1S/C8H12N2O/c1-6-5-10(8(11)9-6)7-3-2-4-7/h5,7H,2-4H2,1H3,(H,9,11). The molecule has 0 saturated heterocycles. The van der Waals surface area contributed by atoms with Crippen molar-refractivity contribution in [3.05, 3.63) is 22.4 Å². The molecule has 0 unspecified atom stereocenters. The van der Waals surface area contributed by atoms with E-state index in [0.29, 0.717) is 6.04 Å². The molecule has 1 fully saturated rings. The van der Waals surface area contributed by atoms with E-state index in [0.717, 1.165) is 18.5 Å². The SMILES string of the molecule is Cc1cn(C2CCC2)c(=O)[nH]1. The van der Waals surface area contributed by atoms with E-state index < -0.39 is 0 Å². The van der Waals surface area contributed by atoms with Gasteiger partial charge < -0.3 is 4.98 Å². The summed E-state index contributed by atoms with van der Waals surface area (Å²) in [4.78, 5) is 13.9. The maximum absolute atomic E-state index is 11.2. The fourth-order valence-electron chi connectivity index (χ4n) is 1.47. The molecule has 1 aromatic rings. The van der Waals surface area contributed by atoms with E-state index in [-0.39, 0.29) is 5.69 Å². The summed E-state index contributed by atoms with van der Waals surface area (Å²) < 4.78 is 1.82. The second kappa shape index (κ2) is 2.26. The Kier molecular flexibility index (Phi) is 1.37. The average molecular weight is 152 g/mol. The largest absolute Gasteiger partial charge is 0.325 e. The quantitative estimate of drug-likeness (QED) is 0.645. The Labute approximate surface area is 65.1 Å². The Morgan fingerprint density at radius 3 is 2.73 bits per heavy atom. The van der Waals surface area contributed by atoms with Crippen LogP contribution in [0.1, 0.15) is 31.0 Å². The average Bonchev–Trinajstić information content (AvgIpc) is 2.07. The van der Waals surface area contributed by atoms with Crippen molar-refractivity contribution in [3.63, 3.8) is 0 Å². The van der Waals surface area contributed by atoms with Crippen LogP contribution < -0.4 is 5.69 Å². The minimum atomic E-state index is 0.0483. The number of aromatic nitrogens is 2. The third kappa shape index (κ3) is 1.00. The third-order valence-electron chi connectivity index (χ3n) is 2.34. The van der Waals surface area contributed by atoms with Gasteiger partial charge >= 0.3 is 5.69 Å². The van der Waals surface area contributed by atoms with Gasteiger partial charge in [0.2, 0.25) is 0 Å². The van der Waals surface area contributed by atoms with Crippen molar-refractivity contribution in [2.75, 3.05) is 0 Å². The Hall–Kier alpha value is -0.990. The number of aromatic amines is 1. The van der Waals surface area contributed by atoms with Gasteiger partial charge in [-0.3, -0.25) is 4.57 Å². The highest BCUT2D eigenvalue weighted by molar-refractivity contribution is 4.96. The summed E-state index contributed by atoms with van der Waals surface area (Å²) in [6.07, 6.45) is 5.50. The van der Waals surface area contributed by atoms with Crippen molar-refractivity contribution >= 4 is 0 Å². The van der Waals surface area contributed by atoms with Crippen LogP contribution in [0.2, 0.25) is 0 Å². The molecule has 1 aliphatic rings. The van der Waals surface area contributed by atoms with Crippen molar-refractivity contribution in [1.82, 2.24) is 9.55 Å². The molecule has 60 valence electrons. The number of H-pyrrole nitrogens is 1. The predicted octanol–water partition coefficient (Wildman–Crippen LogP) is 1.21. The van der Waals surface area contributed by atoms with E-state index in [2.05, 4.69) is 4.98 Å². The lowest BCUT2D eigenvalue weighted by Crippen LogP contribution is -2.26. The molecule has 0 atom stereocenters. The molecule has 1 N–H and O–H groups in total. The highest BCUT2D eigenvalue weighted by atomic mass is 16.1. The molecular weight excluding hydrogens is 140 g/mol. The summed E-state index contributed by atoms with van der Waals surface area (Å²) in [5, 5.41) is 0. The van der Waals surface area contributed by atoms with Gasteiger partial charge in [0.25, 0.3) is 0 Å². The lowest BCUT2D eigenvalue weighted by molar-refractivity contribution is 0.307. The molecule has 2 rings (SSSR count). The van der Waals surface area contributed by atoms with Crippen LogP contribution in [-0.2, 0) is 0 Å². The van der Waals surface area contributed by atoms with Crippen LogP contribution in [0.3, 0.4) is 0 Å². The number of imidazole rings is 1. The maximum atomic E-state index is 11.2. The molecule has 1 aromatic heterocycles. The highest BCUT2D eigenvalue weighted by Gasteiger charge is 2.20. The predicted molar refractivity (Wildman–Crippen MR) is 42.7 cm³/mol. The smallest absolute Gasteiger partial charge is 0.310 e. The van der Waals surface area contributed by atoms with Crippen LogP contribution in [-0.4, -0.2) is 9.55 Å². The van der Waals surface area contributed by atoms with Crippen LogP contribution in [0.4, 0.5) is 0 Å². The minimum absolute atomic E-state index is 0.0483. The van der Waals surface area contributed by atoms with Crippen molar-refractivity contribution in [2.24, 2.45) is 0 Å². The first-order chi connectivity index (χ1) is 5.27. The second-order valence-corrected chi connectivity index (χ2v) is 3.23. The normalized spacial score (nSPS) is 18.3. The first kappa shape index (κ1) is 6.70. The van der Waals surface area contributed by atoms with Gasteiger partial charge in [0.1, 0.15) is 0 Å². The van der Waals surface area contributed by atoms with Crippen LogP contribution in [0.25, 0.3) is 0 Å². The van der Waals surface area contributed by atoms with Gasteiger partial charge in [0.05, 0.1) is 0 Å². The highest BCUT2D eigenvalue weighted by Crippen LogP contribution is 2.29. The van der Waals surface area contributed by atoms with E-state index in [1.165, 1.54) is 6.42 Å². The Morgan fingerprint density at radius 1 is 1.64 bits per heavy atom. The van der Waals surface area contributed by atoms with E-state index in [4.69, 9.17) is 0 Å². The molecule has 3 heteroatoms. The maximum Gasteiger partial charge on any atom is 0.325 e. The van der Waals surface area contributed by atoms with Gasteiger partial charge in [-0.25, -0.2) is 4.79 Å². The molecule has 3 nitrogen and oxygen atoms in total. The van der Waals surface area contributed by atoms with Gasteiger partial charge in [0.15, 0.2) is 0 Å². The summed E-state index contributed by atoms with van der Waals surface area (Å²) >= 11 is 0. The zero-order valence-electron chi connectivity index (χ0n) is 6.63. The summed E-state index contributed by atoms with van der Waals surface area (Å²) in [6.45, 7) is 1.91. The first-order valence-electron chi connectivity index (χ1n) is 4.05. The summed E-state index contributed by atoms with van der Waals surface area (Å²) in [7, 11) is 0. The second-order valence-electron chi connectivity index (χ2n) is 3.23. The number of aryl methyl sites for hydroxylation is 1. The molecule has 1 heterocycles. The molecule has 11 heavy (non-hydrogen) atoms. The van der Waals surface area contributed by atoms with E-state index in [9.17, 15) is 4.79 Å². The number of rotatable bonds is 1. The van der Waals surface area contributed by atoms with Crippen molar-refractivity contribution in [1.29, 1.82) is 0 Å². The van der Waals surface area contributed by atoms with Crippen molar-refractivity contribution in [2.45, 2.75) is 32.2 Å². The molecule has 0 spiro atoms. The Morgan fingerprint density at radius 2 is 2.36 bits per heavy atom.